The van der Waals surface area contributed by atoms with E-state index in [1.165, 1.54) is 20.0 Å². The van der Waals surface area contributed by atoms with Gasteiger partial charge in [0.1, 0.15) is 0 Å². The molecule has 0 aromatic heterocycles. The first-order chi connectivity index (χ1) is 8.04. The second kappa shape index (κ2) is 4.33. The lowest BCUT2D eigenvalue weighted by atomic mass is 10.1. The molecule has 0 amide bonds. The monoisotopic (exact) mass is 236 g/mol. The topological polar surface area (TPSA) is 64.4 Å². The number of hydrogen-bond acceptors (Lipinski definition) is 4. The molecule has 1 aliphatic carbocycles. The van der Waals surface area contributed by atoms with E-state index in [-0.39, 0.29) is 11.2 Å². The van der Waals surface area contributed by atoms with Gasteiger partial charge in [-0.3, -0.25) is 10.1 Å². The van der Waals surface area contributed by atoms with Crippen LogP contribution in [0.15, 0.2) is 18.2 Å². The molecule has 5 nitrogen and oxygen atoms in total. The van der Waals surface area contributed by atoms with Crippen LogP contribution >= 0.6 is 0 Å². The maximum atomic E-state index is 10.9. The molecule has 2 rings (SSSR count). The third-order valence-electron chi connectivity index (χ3n) is 3.16. The Morgan fingerprint density at radius 3 is 2.76 bits per heavy atom. The number of benzene rings is 1. The first-order valence-electron chi connectivity index (χ1n) is 5.60. The standard InChI is InChI=1S/C12H16N2O3/c1-12(5-6-12)13-8-9-3-4-11(17-2)10(7-9)14(15)16/h3-4,7,13H,5-6,8H2,1-2H3. The summed E-state index contributed by atoms with van der Waals surface area (Å²) in [4.78, 5) is 10.4. The Bertz CT molecular complexity index is 441. The lowest BCUT2D eigenvalue weighted by Crippen LogP contribution is -2.26. The SMILES string of the molecule is COc1ccc(CNC2(C)CC2)cc1[N+](=O)[O-]. The number of hydrogen-bond donors (Lipinski definition) is 1. The quantitative estimate of drug-likeness (QED) is 0.629. The maximum absolute atomic E-state index is 10.9. The molecule has 5 heteroatoms. The Morgan fingerprint density at radius 2 is 2.24 bits per heavy atom. The Balaban J connectivity index is 2.12. The molecule has 0 atom stereocenters. The van der Waals surface area contributed by atoms with Gasteiger partial charge in [-0.2, -0.15) is 0 Å². The number of nitro benzene ring substituents is 1. The molecule has 0 radical (unpaired) electrons. The van der Waals surface area contributed by atoms with E-state index in [0.29, 0.717) is 12.3 Å². The average molecular weight is 236 g/mol. The van der Waals surface area contributed by atoms with Crippen LogP contribution in [0.2, 0.25) is 0 Å². The van der Waals surface area contributed by atoms with Crippen LogP contribution in [0, 0.1) is 10.1 Å². The second-order valence-corrected chi connectivity index (χ2v) is 4.68. The molecular weight excluding hydrogens is 220 g/mol. The predicted molar refractivity (Wildman–Crippen MR) is 64.1 cm³/mol. The zero-order valence-corrected chi connectivity index (χ0v) is 10.0. The highest BCUT2D eigenvalue weighted by atomic mass is 16.6. The second-order valence-electron chi connectivity index (χ2n) is 4.68. The number of ether oxygens (including phenoxy) is 1. The lowest BCUT2D eigenvalue weighted by molar-refractivity contribution is -0.385. The van der Waals surface area contributed by atoms with Crippen LogP contribution < -0.4 is 10.1 Å². The summed E-state index contributed by atoms with van der Waals surface area (Å²) in [5, 5.41) is 14.2. The van der Waals surface area contributed by atoms with Crippen LogP contribution in [0.3, 0.4) is 0 Å². The van der Waals surface area contributed by atoms with Crippen LogP contribution in [0.4, 0.5) is 5.69 Å². The molecule has 1 N–H and O–H groups in total. The summed E-state index contributed by atoms with van der Waals surface area (Å²) in [6.45, 7) is 2.81. The predicted octanol–water partition coefficient (Wildman–Crippen LogP) is 2.25. The molecule has 0 aliphatic heterocycles. The zero-order valence-electron chi connectivity index (χ0n) is 10.0. The minimum atomic E-state index is -0.416. The average Bonchev–Trinajstić information content (AvgIpc) is 3.05. The number of rotatable bonds is 5. The highest BCUT2D eigenvalue weighted by Gasteiger charge is 2.36. The molecule has 0 spiro atoms. The van der Waals surface area contributed by atoms with Gasteiger partial charge in [0, 0.05) is 18.2 Å². The van der Waals surface area contributed by atoms with Crippen molar-refractivity contribution in [1.29, 1.82) is 0 Å². The molecule has 92 valence electrons. The molecule has 1 saturated carbocycles. The summed E-state index contributed by atoms with van der Waals surface area (Å²) in [6.07, 6.45) is 2.34. The van der Waals surface area contributed by atoms with E-state index < -0.39 is 4.92 Å². The van der Waals surface area contributed by atoms with Gasteiger partial charge in [0.25, 0.3) is 0 Å². The molecular formula is C12H16N2O3. The van der Waals surface area contributed by atoms with E-state index in [9.17, 15) is 10.1 Å². The van der Waals surface area contributed by atoms with Gasteiger partial charge in [0.2, 0.25) is 0 Å². The van der Waals surface area contributed by atoms with Crippen LogP contribution in [0.25, 0.3) is 0 Å². The normalized spacial score (nSPS) is 16.6. The van der Waals surface area contributed by atoms with E-state index in [1.54, 1.807) is 12.1 Å². The number of methoxy groups -OCH3 is 1. The smallest absolute Gasteiger partial charge is 0.311 e. The van der Waals surface area contributed by atoms with Gasteiger partial charge < -0.3 is 10.1 Å². The van der Waals surface area contributed by atoms with Crippen molar-refractivity contribution in [2.24, 2.45) is 0 Å². The van der Waals surface area contributed by atoms with Gasteiger partial charge in [-0.1, -0.05) is 6.07 Å². The van der Waals surface area contributed by atoms with E-state index >= 15 is 0 Å². The lowest BCUT2D eigenvalue weighted by Gasteiger charge is -2.11. The van der Waals surface area contributed by atoms with Crippen LogP contribution in [0.1, 0.15) is 25.3 Å². The largest absolute Gasteiger partial charge is 0.490 e. The summed E-state index contributed by atoms with van der Waals surface area (Å²) in [5.41, 5.74) is 1.16. The van der Waals surface area contributed by atoms with Crippen molar-refractivity contribution >= 4 is 5.69 Å². The minimum Gasteiger partial charge on any atom is -0.490 e. The molecule has 0 saturated heterocycles. The maximum Gasteiger partial charge on any atom is 0.311 e. The summed E-state index contributed by atoms with van der Waals surface area (Å²) < 4.78 is 4.96. The molecule has 17 heavy (non-hydrogen) atoms. The molecule has 0 bridgehead atoms. The van der Waals surface area contributed by atoms with E-state index in [2.05, 4.69) is 12.2 Å². The summed E-state index contributed by atoms with van der Waals surface area (Å²) >= 11 is 0. The molecule has 1 aromatic rings. The summed E-state index contributed by atoms with van der Waals surface area (Å²) in [6, 6.07) is 5.06. The van der Waals surface area contributed by atoms with Crippen LogP contribution in [0.5, 0.6) is 5.75 Å². The van der Waals surface area contributed by atoms with E-state index in [0.717, 1.165) is 5.56 Å². The van der Waals surface area contributed by atoms with Crippen molar-refractivity contribution in [3.63, 3.8) is 0 Å². The van der Waals surface area contributed by atoms with Crippen molar-refractivity contribution in [1.82, 2.24) is 5.32 Å². The van der Waals surface area contributed by atoms with E-state index in [4.69, 9.17) is 4.74 Å². The number of nitro groups is 1. The molecule has 1 aliphatic rings. The minimum absolute atomic E-state index is 0.0211. The third kappa shape index (κ3) is 2.74. The Kier molecular flexibility index (Phi) is 3.02. The van der Waals surface area contributed by atoms with Crippen molar-refractivity contribution in [2.45, 2.75) is 31.8 Å². The highest BCUT2D eigenvalue weighted by Crippen LogP contribution is 2.35. The van der Waals surface area contributed by atoms with Crippen molar-refractivity contribution < 1.29 is 9.66 Å². The van der Waals surface area contributed by atoms with Gasteiger partial charge in [-0.05, 0) is 31.4 Å². The third-order valence-corrected chi connectivity index (χ3v) is 3.16. The van der Waals surface area contributed by atoms with Crippen molar-refractivity contribution in [3.05, 3.63) is 33.9 Å². The van der Waals surface area contributed by atoms with E-state index in [1.807, 2.05) is 6.07 Å². The fourth-order valence-corrected chi connectivity index (χ4v) is 1.67. The van der Waals surface area contributed by atoms with Crippen LogP contribution in [-0.4, -0.2) is 17.6 Å². The fraction of sp³-hybridized carbons (Fsp3) is 0.500. The van der Waals surface area contributed by atoms with Gasteiger partial charge in [-0.25, -0.2) is 0 Å². The van der Waals surface area contributed by atoms with Crippen LogP contribution in [-0.2, 0) is 6.54 Å². The van der Waals surface area contributed by atoms with Gasteiger partial charge in [0.15, 0.2) is 5.75 Å². The molecule has 0 unspecified atom stereocenters. The van der Waals surface area contributed by atoms with Crippen molar-refractivity contribution in [2.75, 3.05) is 7.11 Å². The fourth-order valence-electron chi connectivity index (χ4n) is 1.67. The van der Waals surface area contributed by atoms with Crippen molar-refractivity contribution in [3.8, 4) is 5.75 Å². The molecule has 1 aromatic carbocycles. The Labute approximate surface area is 99.9 Å². The number of nitrogens with one attached hydrogen (secondary N) is 1. The summed E-state index contributed by atoms with van der Waals surface area (Å²) in [5.74, 6) is 0.302. The van der Waals surface area contributed by atoms with Gasteiger partial charge in [-0.15, -0.1) is 0 Å². The highest BCUT2D eigenvalue weighted by molar-refractivity contribution is 5.48. The first kappa shape index (κ1) is 11.9. The van der Waals surface area contributed by atoms with Gasteiger partial charge >= 0.3 is 5.69 Å². The zero-order chi connectivity index (χ0) is 12.5. The Hall–Kier alpha value is -1.62. The first-order valence-corrected chi connectivity index (χ1v) is 5.60. The Morgan fingerprint density at radius 1 is 1.53 bits per heavy atom. The number of nitrogens with zero attached hydrogens (tertiary/aromatic N) is 1. The van der Waals surface area contributed by atoms with Gasteiger partial charge in [0.05, 0.1) is 12.0 Å². The summed E-state index contributed by atoms with van der Waals surface area (Å²) in [7, 11) is 1.44. The molecule has 1 fully saturated rings. The molecule has 0 heterocycles.